The van der Waals surface area contributed by atoms with E-state index in [4.69, 9.17) is 16.7 Å². The van der Waals surface area contributed by atoms with Crippen molar-refractivity contribution >= 4 is 17.6 Å². The number of nitrogens with zero attached hydrogens (tertiary/aromatic N) is 1. The minimum absolute atomic E-state index is 0.0424. The molecule has 0 saturated heterocycles. The van der Waals surface area contributed by atoms with Crippen molar-refractivity contribution in [3.05, 3.63) is 34.9 Å². The first-order valence-electron chi connectivity index (χ1n) is 5.42. The van der Waals surface area contributed by atoms with Crippen LogP contribution < -0.4 is 5.32 Å². The maximum Gasteiger partial charge on any atom is 0.317 e. The molecule has 0 fully saturated rings. The Morgan fingerprint density at radius 3 is 2.59 bits per heavy atom. The van der Waals surface area contributed by atoms with E-state index in [1.807, 2.05) is 19.1 Å². The van der Waals surface area contributed by atoms with Crippen LogP contribution in [0.5, 0.6) is 0 Å². The molecular weight excluding hydrogens is 240 g/mol. The monoisotopic (exact) mass is 256 g/mol. The van der Waals surface area contributed by atoms with Crippen molar-refractivity contribution in [2.75, 3.05) is 20.2 Å². The van der Waals surface area contributed by atoms with Crippen LogP contribution in [0.1, 0.15) is 18.5 Å². The Hall–Kier alpha value is -1.26. The number of hydrogen-bond donors (Lipinski definition) is 2. The maximum atomic E-state index is 11.7. The van der Waals surface area contributed by atoms with E-state index in [0.717, 1.165) is 5.56 Å². The van der Waals surface area contributed by atoms with E-state index in [9.17, 15) is 4.79 Å². The number of halogens is 1. The summed E-state index contributed by atoms with van der Waals surface area (Å²) in [5.41, 5.74) is 0.986. The lowest BCUT2D eigenvalue weighted by molar-refractivity contribution is 0.188. The molecule has 0 saturated carbocycles. The molecule has 4 nitrogen and oxygen atoms in total. The van der Waals surface area contributed by atoms with Crippen LogP contribution in [0.3, 0.4) is 0 Å². The second-order valence-corrected chi connectivity index (χ2v) is 4.30. The smallest absolute Gasteiger partial charge is 0.317 e. The summed E-state index contributed by atoms with van der Waals surface area (Å²) in [7, 11) is 1.64. The molecule has 0 aliphatic heterocycles. The van der Waals surface area contributed by atoms with Crippen LogP contribution in [-0.2, 0) is 0 Å². The first-order chi connectivity index (χ1) is 8.04. The van der Waals surface area contributed by atoms with Crippen molar-refractivity contribution in [1.82, 2.24) is 10.2 Å². The van der Waals surface area contributed by atoms with Gasteiger partial charge >= 0.3 is 6.03 Å². The van der Waals surface area contributed by atoms with Gasteiger partial charge in [-0.3, -0.25) is 0 Å². The van der Waals surface area contributed by atoms with Gasteiger partial charge in [0.2, 0.25) is 0 Å². The number of carbonyl (C=O) groups excluding carboxylic acids is 1. The molecule has 0 aliphatic rings. The number of nitrogens with one attached hydrogen (secondary N) is 1. The largest absolute Gasteiger partial charge is 0.395 e. The van der Waals surface area contributed by atoms with Crippen LogP contribution in [0.15, 0.2) is 24.3 Å². The van der Waals surface area contributed by atoms with Crippen LogP contribution in [0, 0.1) is 0 Å². The highest BCUT2D eigenvalue weighted by Crippen LogP contribution is 2.16. The number of aliphatic hydroxyl groups is 1. The third-order valence-electron chi connectivity index (χ3n) is 2.49. The zero-order chi connectivity index (χ0) is 12.8. The first-order valence-corrected chi connectivity index (χ1v) is 5.80. The van der Waals surface area contributed by atoms with Crippen LogP contribution in [0.2, 0.25) is 5.02 Å². The summed E-state index contributed by atoms with van der Waals surface area (Å²) < 4.78 is 0. The Balaban J connectivity index is 2.57. The summed E-state index contributed by atoms with van der Waals surface area (Å²) >= 11 is 5.79. The van der Waals surface area contributed by atoms with Crippen LogP contribution >= 0.6 is 11.6 Å². The van der Waals surface area contributed by atoms with Crippen molar-refractivity contribution in [3.8, 4) is 0 Å². The maximum absolute atomic E-state index is 11.7. The van der Waals surface area contributed by atoms with Gasteiger partial charge in [0, 0.05) is 18.6 Å². The molecule has 1 rings (SSSR count). The second-order valence-electron chi connectivity index (χ2n) is 3.87. The minimum Gasteiger partial charge on any atom is -0.395 e. The number of amides is 2. The molecule has 1 atom stereocenters. The van der Waals surface area contributed by atoms with E-state index in [2.05, 4.69) is 5.32 Å². The van der Waals surface area contributed by atoms with Gasteiger partial charge in [0.15, 0.2) is 0 Å². The summed E-state index contributed by atoms with van der Waals surface area (Å²) in [5.74, 6) is 0. The molecule has 0 radical (unpaired) electrons. The molecule has 0 spiro atoms. The Morgan fingerprint density at radius 2 is 2.06 bits per heavy atom. The van der Waals surface area contributed by atoms with Crippen LogP contribution in [-0.4, -0.2) is 36.2 Å². The Kier molecular flexibility index (Phi) is 5.25. The lowest BCUT2D eigenvalue weighted by atomic mass is 10.1. The van der Waals surface area contributed by atoms with Crippen molar-refractivity contribution in [2.45, 2.75) is 13.0 Å². The van der Waals surface area contributed by atoms with E-state index in [1.54, 1.807) is 19.2 Å². The molecule has 0 aromatic heterocycles. The zero-order valence-corrected chi connectivity index (χ0v) is 10.7. The molecule has 5 heteroatoms. The number of rotatable bonds is 4. The van der Waals surface area contributed by atoms with Gasteiger partial charge in [-0.15, -0.1) is 0 Å². The summed E-state index contributed by atoms with van der Waals surface area (Å²) in [6.07, 6.45) is 0. The van der Waals surface area contributed by atoms with E-state index in [-0.39, 0.29) is 18.7 Å². The van der Waals surface area contributed by atoms with Gasteiger partial charge in [0.1, 0.15) is 0 Å². The Labute approximate surface area is 106 Å². The predicted octanol–water partition coefficient (Wildman–Crippen LogP) is 2.03. The predicted molar refractivity (Wildman–Crippen MR) is 68.1 cm³/mol. The van der Waals surface area contributed by atoms with Gasteiger partial charge in [0.25, 0.3) is 0 Å². The number of hydrogen-bond acceptors (Lipinski definition) is 2. The zero-order valence-electron chi connectivity index (χ0n) is 9.98. The lowest BCUT2D eigenvalue weighted by Gasteiger charge is -2.20. The van der Waals surface area contributed by atoms with Crippen LogP contribution in [0.4, 0.5) is 4.79 Å². The van der Waals surface area contributed by atoms with Crippen molar-refractivity contribution in [1.29, 1.82) is 0 Å². The number of urea groups is 1. The SMILES string of the molecule is CC(NC(=O)N(C)CCO)c1ccc(Cl)cc1. The normalized spacial score (nSPS) is 12.0. The van der Waals surface area contributed by atoms with Gasteiger partial charge in [-0.25, -0.2) is 4.79 Å². The quantitative estimate of drug-likeness (QED) is 0.866. The Bertz CT molecular complexity index is 367. The van der Waals surface area contributed by atoms with Crippen LogP contribution in [0.25, 0.3) is 0 Å². The molecule has 94 valence electrons. The van der Waals surface area contributed by atoms with Gasteiger partial charge < -0.3 is 15.3 Å². The summed E-state index contributed by atoms with van der Waals surface area (Å²) in [4.78, 5) is 13.1. The fraction of sp³-hybridized carbons (Fsp3) is 0.417. The molecule has 0 heterocycles. The topological polar surface area (TPSA) is 52.6 Å². The number of likely N-dealkylation sites (N-methyl/N-ethyl adjacent to an activating group) is 1. The summed E-state index contributed by atoms with van der Waals surface area (Å²) in [6, 6.07) is 7.02. The molecular formula is C12H17ClN2O2. The third kappa shape index (κ3) is 4.24. The average Bonchev–Trinajstić information content (AvgIpc) is 2.30. The highest BCUT2D eigenvalue weighted by atomic mass is 35.5. The summed E-state index contributed by atoms with van der Waals surface area (Å²) in [5, 5.41) is 12.2. The van der Waals surface area contributed by atoms with Gasteiger partial charge in [0.05, 0.1) is 12.6 Å². The van der Waals surface area contributed by atoms with Crippen molar-refractivity contribution in [3.63, 3.8) is 0 Å². The van der Waals surface area contributed by atoms with Crippen molar-refractivity contribution < 1.29 is 9.90 Å². The molecule has 1 unspecified atom stereocenters. The van der Waals surface area contributed by atoms with Gasteiger partial charge in [-0.05, 0) is 24.6 Å². The van der Waals surface area contributed by atoms with E-state index < -0.39 is 0 Å². The van der Waals surface area contributed by atoms with Crippen molar-refractivity contribution in [2.24, 2.45) is 0 Å². The van der Waals surface area contributed by atoms with E-state index in [0.29, 0.717) is 11.6 Å². The highest BCUT2D eigenvalue weighted by Gasteiger charge is 2.12. The lowest BCUT2D eigenvalue weighted by Crippen LogP contribution is -2.39. The van der Waals surface area contributed by atoms with Gasteiger partial charge in [-0.1, -0.05) is 23.7 Å². The number of aliphatic hydroxyl groups excluding tert-OH is 1. The highest BCUT2D eigenvalue weighted by molar-refractivity contribution is 6.30. The number of benzene rings is 1. The molecule has 2 N–H and O–H groups in total. The summed E-state index contributed by atoms with van der Waals surface area (Å²) in [6.45, 7) is 2.17. The van der Waals surface area contributed by atoms with E-state index in [1.165, 1.54) is 4.90 Å². The first kappa shape index (κ1) is 13.8. The standard InChI is InChI=1S/C12H17ClN2O2/c1-9(10-3-5-11(13)6-4-10)14-12(17)15(2)7-8-16/h3-6,9,16H,7-8H2,1-2H3,(H,14,17). The fourth-order valence-electron chi connectivity index (χ4n) is 1.38. The Morgan fingerprint density at radius 1 is 1.47 bits per heavy atom. The molecule has 0 bridgehead atoms. The third-order valence-corrected chi connectivity index (χ3v) is 2.74. The van der Waals surface area contributed by atoms with Gasteiger partial charge in [-0.2, -0.15) is 0 Å². The molecule has 17 heavy (non-hydrogen) atoms. The molecule has 2 amide bonds. The molecule has 0 aliphatic carbocycles. The second kappa shape index (κ2) is 6.47. The number of carbonyl (C=O) groups is 1. The van der Waals surface area contributed by atoms with E-state index >= 15 is 0 Å². The minimum atomic E-state index is -0.207. The fourth-order valence-corrected chi connectivity index (χ4v) is 1.51. The average molecular weight is 257 g/mol. The molecule has 1 aromatic carbocycles. The molecule has 1 aromatic rings.